The van der Waals surface area contributed by atoms with Gasteiger partial charge in [0.2, 0.25) is 0 Å². The van der Waals surface area contributed by atoms with Gasteiger partial charge < -0.3 is 10.1 Å². The van der Waals surface area contributed by atoms with Crippen molar-refractivity contribution in [2.75, 3.05) is 19.0 Å². The SMILES string of the molecule is COC(C)(C)CNc1ccncc1C#N. The van der Waals surface area contributed by atoms with Crippen molar-refractivity contribution in [1.29, 1.82) is 5.26 Å². The van der Waals surface area contributed by atoms with Crippen molar-refractivity contribution in [3.8, 4) is 6.07 Å². The van der Waals surface area contributed by atoms with E-state index in [-0.39, 0.29) is 5.60 Å². The fraction of sp³-hybridized carbons (Fsp3) is 0.455. The van der Waals surface area contributed by atoms with Gasteiger partial charge in [-0.2, -0.15) is 5.26 Å². The average molecular weight is 205 g/mol. The van der Waals surface area contributed by atoms with Crippen LogP contribution >= 0.6 is 0 Å². The van der Waals surface area contributed by atoms with Crippen LogP contribution in [0.5, 0.6) is 0 Å². The number of rotatable bonds is 4. The molecule has 0 atom stereocenters. The normalized spacial score (nSPS) is 10.8. The number of anilines is 1. The van der Waals surface area contributed by atoms with Gasteiger partial charge in [0.05, 0.1) is 16.9 Å². The molecule has 0 bridgehead atoms. The topological polar surface area (TPSA) is 57.9 Å². The van der Waals surface area contributed by atoms with Crippen LogP contribution in [-0.4, -0.2) is 24.2 Å². The third-order valence-corrected chi connectivity index (χ3v) is 2.20. The Morgan fingerprint density at radius 1 is 1.60 bits per heavy atom. The highest BCUT2D eigenvalue weighted by Crippen LogP contribution is 2.14. The minimum absolute atomic E-state index is 0.254. The highest BCUT2D eigenvalue weighted by atomic mass is 16.5. The van der Waals surface area contributed by atoms with Gasteiger partial charge in [0.15, 0.2) is 0 Å². The zero-order chi connectivity index (χ0) is 11.3. The highest BCUT2D eigenvalue weighted by Gasteiger charge is 2.16. The van der Waals surface area contributed by atoms with E-state index in [1.165, 1.54) is 0 Å². The van der Waals surface area contributed by atoms with E-state index in [1.54, 1.807) is 25.6 Å². The Labute approximate surface area is 89.9 Å². The standard InChI is InChI=1S/C11H15N3O/c1-11(2,15-3)8-14-10-4-5-13-7-9(10)6-12/h4-5,7H,8H2,1-3H3,(H,13,14). The first-order valence-corrected chi connectivity index (χ1v) is 4.72. The molecule has 1 N–H and O–H groups in total. The maximum absolute atomic E-state index is 8.84. The molecule has 0 radical (unpaired) electrons. The Bertz CT molecular complexity index is 368. The predicted molar refractivity (Wildman–Crippen MR) is 58.5 cm³/mol. The molecule has 0 saturated heterocycles. The molecule has 15 heavy (non-hydrogen) atoms. The van der Waals surface area contributed by atoms with E-state index in [9.17, 15) is 0 Å². The van der Waals surface area contributed by atoms with Crippen LogP contribution in [-0.2, 0) is 4.74 Å². The van der Waals surface area contributed by atoms with Crippen LogP contribution in [0.2, 0.25) is 0 Å². The van der Waals surface area contributed by atoms with Crippen LogP contribution in [0.1, 0.15) is 19.4 Å². The molecule has 0 amide bonds. The molecule has 0 saturated carbocycles. The molecule has 80 valence electrons. The molecule has 4 heteroatoms. The third-order valence-electron chi connectivity index (χ3n) is 2.20. The number of aromatic nitrogens is 1. The van der Waals surface area contributed by atoms with E-state index in [4.69, 9.17) is 10.00 Å². The minimum atomic E-state index is -0.254. The summed E-state index contributed by atoms with van der Waals surface area (Å²) in [6, 6.07) is 3.87. The van der Waals surface area contributed by atoms with Gasteiger partial charge in [-0.05, 0) is 19.9 Å². The summed E-state index contributed by atoms with van der Waals surface area (Å²) in [5.74, 6) is 0. The van der Waals surface area contributed by atoms with Crippen molar-refractivity contribution in [2.45, 2.75) is 19.4 Å². The van der Waals surface area contributed by atoms with Gasteiger partial charge in [-0.3, -0.25) is 4.98 Å². The molecule has 0 aliphatic rings. The lowest BCUT2D eigenvalue weighted by Crippen LogP contribution is -2.32. The van der Waals surface area contributed by atoms with Crippen molar-refractivity contribution < 1.29 is 4.74 Å². The summed E-state index contributed by atoms with van der Waals surface area (Å²) in [7, 11) is 1.67. The quantitative estimate of drug-likeness (QED) is 0.814. The first kappa shape index (κ1) is 11.5. The molecule has 1 rings (SSSR count). The molecule has 4 nitrogen and oxygen atoms in total. The molecule has 0 aliphatic heterocycles. The van der Waals surface area contributed by atoms with Crippen LogP contribution in [0.4, 0.5) is 5.69 Å². The lowest BCUT2D eigenvalue weighted by molar-refractivity contribution is 0.0344. The summed E-state index contributed by atoms with van der Waals surface area (Å²) in [6.07, 6.45) is 3.20. The molecule has 1 heterocycles. The van der Waals surface area contributed by atoms with Crippen molar-refractivity contribution in [1.82, 2.24) is 4.98 Å². The first-order valence-electron chi connectivity index (χ1n) is 4.72. The molecule has 0 unspecified atom stereocenters. The fourth-order valence-electron chi connectivity index (χ4n) is 1.02. The van der Waals surface area contributed by atoms with Crippen LogP contribution in [0.25, 0.3) is 0 Å². The van der Waals surface area contributed by atoms with Gasteiger partial charge >= 0.3 is 0 Å². The predicted octanol–water partition coefficient (Wildman–Crippen LogP) is 1.79. The van der Waals surface area contributed by atoms with E-state index in [0.717, 1.165) is 5.69 Å². The number of pyridine rings is 1. The monoisotopic (exact) mass is 205 g/mol. The molecular weight excluding hydrogens is 190 g/mol. The Balaban J connectivity index is 2.70. The second kappa shape index (κ2) is 4.76. The average Bonchev–Trinajstić information content (AvgIpc) is 2.27. The summed E-state index contributed by atoms with van der Waals surface area (Å²) >= 11 is 0. The zero-order valence-corrected chi connectivity index (χ0v) is 9.24. The molecule has 0 spiro atoms. The van der Waals surface area contributed by atoms with Gasteiger partial charge in [0.1, 0.15) is 6.07 Å². The van der Waals surface area contributed by atoms with Crippen LogP contribution in [0.15, 0.2) is 18.5 Å². The zero-order valence-electron chi connectivity index (χ0n) is 9.24. The number of nitrogens with one attached hydrogen (secondary N) is 1. The maximum atomic E-state index is 8.84. The van der Waals surface area contributed by atoms with Crippen molar-refractivity contribution >= 4 is 5.69 Å². The molecule has 0 aromatic carbocycles. The van der Waals surface area contributed by atoms with E-state index in [2.05, 4.69) is 16.4 Å². The smallest absolute Gasteiger partial charge is 0.103 e. The van der Waals surface area contributed by atoms with Crippen LogP contribution in [0.3, 0.4) is 0 Å². The van der Waals surface area contributed by atoms with Crippen molar-refractivity contribution in [2.24, 2.45) is 0 Å². The summed E-state index contributed by atoms with van der Waals surface area (Å²) < 4.78 is 5.27. The number of hydrogen-bond acceptors (Lipinski definition) is 4. The van der Waals surface area contributed by atoms with Crippen molar-refractivity contribution in [3.05, 3.63) is 24.0 Å². The highest BCUT2D eigenvalue weighted by molar-refractivity contribution is 5.55. The molecule has 0 fully saturated rings. The van der Waals surface area contributed by atoms with Gasteiger partial charge in [-0.1, -0.05) is 0 Å². The van der Waals surface area contributed by atoms with Gasteiger partial charge in [0.25, 0.3) is 0 Å². The Kier molecular flexibility index (Phi) is 3.64. The van der Waals surface area contributed by atoms with E-state index in [0.29, 0.717) is 12.1 Å². The molecule has 1 aromatic heterocycles. The lowest BCUT2D eigenvalue weighted by atomic mass is 10.1. The Morgan fingerprint density at radius 3 is 2.93 bits per heavy atom. The Hall–Kier alpha value is -1.60. The van der Waals surface area contributed by atoms with Crippen LogP contribution < -0.4 is 5.32 Å². The van der Waals surface area contributed by atoms with E-state index in [1.807, 2.05) is 13.8 Å². The van der Waals surface area contributed by atoms with E-state index < -0.39 is 0 Å². The van der Waals surface area contributed by atoms with Gasteiger partial charge in [-0.25, -0.2) is 0 Å². The van der Waals surface area contributed by atoms with Crippen molar-refractivity contribution in [3.63, 3.8) is 0 Å². The number of hydrogen-bond donors (Lipinski definition) is 1. The number of methoxy groups -OCH3 is 1. The number of ether oxygens (including phenoxy) is 1. The largest absolute Gasteiger partial charge is 0.381 e. The maximum Gasteiger partial charge on any atom is 0.103 e. The summed E-state index contributed by atoms with van der Waals surface area (Å²) in [4.78, 5) is 3.89. The third kappa shape index (κ3) is 3.22. The second-order valence-corrected chi connectivity index (χ2v) is 3.85. The summed E-state index contributed by atoms with van der Waals surface area (Å²) in [5.41, 5.74) is 1.08. The fourth-order valence-corrected chi connectivity index (χ4v) is 1.02. The number of nitriles is 1. The molecule has 0 aliphatic carbocycles. The van der Waals surface area contributed by atoms with E-state index >= 15 is 0 Å². The molecular formula is C11H15N3O. The van der Waals surface area contributed by atoms with Gasteiger partial charge in [0, 0.05) is 26.0 Å². The summed E-state index contributed by atoms with van der Waals surface area (Å²) in [5, 5.41) is 12.0. The summed E-state index contributed by atoms with van der Waals surface area (Å²) in [6.45, 7) is 4.60. The second-order valence-electron chi connectivity index (χ2n) is 3.85. The van der Waals surface area contributed by atoms with Crippen LogP contribution in [0, 0.1) is 11.3 Å². The minimum Gasteiger partial charge on any atom is -0.381 e. The Morgan fingerprint density at radius 2 is 2.33 bits per heavy atom. The lowest BCUT2D eigenvalue weighted by Gasteiger charge is -2.23. The van der Waals surface area contributed by atoms with Gasteiger partial charge in [-0.15, -0.1) is 0 Å². The first-order chi connectivity index (χ1) is 7.09. The molecule has 1 aromatic rings. The number of nitrogens with zero attached hydrogens (tertiary/aromatic N) is 2.